The fourth-order valence-corrected chi connectivity index (χ4v) is 1.19. The number of para-hydroxylation sites is 1. The van der Waals surface area contributed by atoms with Gasteiger partial charge in [-0.15, -0.1) is 0 Å². The molecule has 2 nitrogen and oxygen atoms in total. The summed E-state index contributed by atoms with van der Waals surface area (Å²) in [5.41, 5.74) is 3.14. The van der Waals surface area contributed by atoms with Crippen LogP contribution in [-0.2, 0) is 4.79 Å². The van der Waals surface area contributed by atoms with Crippen LogP contribution in [0.1, 0.15) is 18.1 Å². The number of rotatable bonds is 1. The molecule has 1 aromatic carbocycles. The first-order valence-corrected chi connectivity index (χ1v) is 3.95. The maximum absolute atomic E-state index is 10.8. The first kappa shape index (κ1) is 8.78. The van der Waals surface area contributed by atoms with Crippen molar-refractivity contribution in [1.29, 1.82) is 0 Å². The highest BCUT2D eigenvalue weighted by atomic mass is 16.1. The number of aryl methyl sites for hydroxylation is 2. The first-order chi connectivity index (χ1) is 5.61. The molecule has 1 aromatic rings. The fraction of sp³-hybridized carbons (Fsp3) is 0.300. The minimum absolute atomic E-state index is 0.0209. The van der Waals surface area contributed by atoms with Gasteiger partial charge in [0.25, 0.3) is 0 Å². The SMILES string of the molecule is CC(=O)Nc1c(C)cccc1C. The van der Waals surface area contributed by atoms with Gasteiger partial charge in [0.2, 0.25) is 5.91 Å². The standard InChI is InChI=1S/C10H13NO/c1-7-5-4-6-8(2)10(7)11-9(3)12/h4-6H,1-3H3,(H,11,12). The summed E-state index contributed by atoms with van der Waals surface area (Å²) in [6, 6.07) is 5.95. The molecule has 12 heavy (non-hydrogen) atoms. The molecule has 1 amide bonds. The van der Waals surface area contributed by atoms with E-state index in [1.54, 1.807) is 0 Å². The van der Waals surface area contributed by atoms with Gasteiger partial charge in [0, 0.05) is 12.6 Å². The lowest BCUT2D eigenvalue weighted by molar-refractivity contribution is -0.114. The van der Waals surface area contributed by atoms with Gasteiger partial charge in [0.05, 0.1) is 0 Å². The predicted octanol–water partition coefficient (Wildman–Crippen LogP) is 2.26. The summed E-state index contributed by atoms with van der Waals surface area (Å²) in [6.45, 7) is 5.49. The summed E-state index contributed by atoms with van der Waals surface area (Å²) in [5, 5.41) is 2.80. The maximum atomic E-state index is 10.8. The molecule has 0 radical (unpaired) electrons. The smallest absolute Gasteiger partial charge is 0.221 e. The average molecular weight is 163 g/mol. The number of amides is 1. The van der Waals surface area contributed by atoms with Crippen LogP contribution in [0.3, 0.4) is 0 Å². The summed E-state index contributed by atoms with van der Waals surface area (Å²) in [6.07, 6.45) is 0. The van der Waals surface area contributed by atoms with Crippen molar-refractivity contribution in [2.75, 3.05) is 5.32 Å². The van der Waals surface area contributed by atoms with Crippen molar-refractivity contribution in [3.05, 3.63) is 29.3 Å². The highest BCUT2D eigenvalue weighted by Gasteiger charge is 2.01. The van der Waals surface area contributed by atoms with Crippen LogP contribution in [0.4, 0.5) is 5.69 Å². The molecule has 0 aliphatic carbocycles. The van der Waals surface area contributed by atoms with Gasteiger partial charge in [-0.05, 0) is 25.0 Å². The second-order valence-electron chi connectivity index (χ2n) is 2.95. The van der Waals surface area contributed by atoms with Crippen LogP contribution < -0.4 is 5.32 Å². The second kappa shape index (κ2) is 3.39. The van der Waals surface area contributed by atoms with E-state index < -0.39 is 0 Å². The third-order valence-corrected chi connectivity index (χ3v) is 1.78. The second-order valence-corrected chi connectivity index (χ2v) is 2.95. The number of carbonyl (C=O) groups is 1. The Balaban J connectivity index is 3.04. The van der Waals surface area contributed by atoms with Crippen LogP contribution in [0, 0.1) is 13.8 Å². The molecule has 0 aromatic heterocycles. The summed E-state index contributed by atoms with van der Waals surface area (Å²) < 4.78 is 0. The largest absolute Gasteiger partial charge is 0.326 e. The van der Waals surface area contributed by atoms with E-state index in [1.807, 2.05) is 32.0 Å². The summed E-state index contributed by atoms with van der Waals surface area (Å²) in [5.74, 6) is -0.0209. The van der Waals surface area contributed by atoms with Crippen molar-refractivity contribution in [3.63, 3.8) is 0 Å². The zero-order valence-electron chi connectivity index (χ0n) is 7.64. The van der Waals surface area contributed by atoms with Crippen LogP contribution in [-0.4, -0.2) is 5.91 Å². The first-order valence-electron chi connectivity index (χ1n) is 3.95. The fourth-order valence-electron chi connectivity index (χ4n) is 1.19. The number of nitrogens with one attached hydrogen (secondary N) is 1. The Bertz CT molecular complexity index is 284. The Morgan fingerprint density at radius 1 is 1.25 bits per heavy atom. The van der Waals surface area contributed by atoms with E-state index in [2.05, 4.69) is 5.32 Å². The molecule has 1 rings (SSSR count). The van der Waals surface area contributed by atoms with E-state index in [-0.39, 0.29) is 5.91 Å². The van der Waals surface area contributed by atoms with Crippen molar-refractivity contribution in [1.82, 2.24) is 0 Å². The highest BCUT2D eigenvalue weighted by molar-refractivity contribution is 5.90. The number of carbonyl (C=O) groups excluding carboxylic acids is 1. The Morgan fingerprint density at radius 3 is 2.17 bits per heavy atom. The Kier molecular flexibility index (Phi) is 2.48. The lowest BCUT2D eigenvalue weighted by atomic mass is 10.1. The molecule has 0 heterocycles. The van der Waals surface area contributed by atoms with Crippen molar-refractivity contribution >= 4 is 11.6 Å². The third kappa shape index (κ3) is 1.84. The molecule has 0 saturated heterocycles. The quantitative estimate of drug-likeness (QED) is 0.676. The number of hydrogen-bond donors (Lipinski definition) is 1. The van der Waals surface area contributed by atoms with Gasteiger partial charge in [0.1, 0.15) is 0 Å². The van der Waals surface area contributed by atoms with Gasteiger partial charge >= 0.3 is 0 Å². The summed E-state index contributed by atoms with van der Waals surface area (Å²) >= 11 is 0. The number of benzene rings is 1. The van der Waals surface area contributed by atoms with Crippen LogP contribution in [0.5, 0.6) is 0 Å². The van der Waals surface area contributed by atoms with Gasteiger partial charge in [-0.2, -0.15) is 0 Å². The molecule has 0 unspecified atom stereocenters. The van der Waals surface area contributed by atoms with Crippen LogP contribution in [0.25, 0.3) is 0 Å². The van der Waals surface area contributed by atoms with Crippen molar-refractivity contribution in [2.24, 2.45) is 0 Å². The monoisotopic (exact) mass is 163 g/mol. The summed E-state index contributed by atoms with van der Waals surface area (Å²) in [4.78, 5) is 10.8. The topological polar surface area (TPSA) is 29.1 Å². The van der Waals surface area contributed by atoms with E-state index in [1.165, 1.54) is 6.92 Å². The van der Waals surface area contributed by atoms with Gasteiger partial charge < -0.3 is 5.32 Å². The van der Waals surface area contributed by atoms with E-state index in [9.17, 15) is 4.79 Å². The molecule has 0 aliphatic heterocycles. The molecule has 0 aliphatic rings. The van der Waals surface area contributed by atoms with Crippen LogP contribution in [0.2, 0.25) is 0 Å². The zero-order chi connectivity index (χ0) is 9.14. The van der Waals surface area contributed by atoms with E-state index >= 15 is 0 Å². The highest BCUT2D eigenvalue weighted by Crippen LogP contribution is 2.18. The molecule has 0 saturated carbocycles. The van der Waals surface area contributed by atoms with E-state index in [0.717, 1.165) is 16.8 Å². The van der Waals surface area contributed by atoms with E-state index in [4.69, 9.17) is 0 Å². The molecule has 2 heteroatoms. The lowest BCUT2D eigenvalue weighted by Gasteiger charge is -2.08. The van der Waals surface area contributed by atoms with Crippen molar-refractivity contribution in [3.8, 4) is 0 Å². The molecule has 64 valence electrons. The van der Waals surface area contributed by atoms with Gasteiger partial charge in [-0.1, -0.05) is 18.2 Å². The minimum Gasteiger partial charge on any atom is -0.326 e. The lowest BCUT2D eigenvalue weighted by Crippen LogP contribution is -2.08. The van der Waals surface area contributed by atoms with Gasteiger partial charge in [-0.25, -0.2) is 0 Å². The predicted molar refractivity (Wildman–Crippen MR) is 50.2 cm³/mol. The third-order valence-electron chi connectivity index (χ3n) is 1.78. The molecule has 1 N–H and O–H groups in total. The van der Waals surface area contributed by atoms with Gasteiger partial charge in [-0.3, -0.25) is 4.79 Å². The molecule has 0 bridgehead atoms. The average Bonchev–Trinajstić information content (AvgIpc) is 1.97. The van der Waals surface area contributed by atoms with Gasteiger partial charge in [0.15, 0.2) is 0 Å². The Morgan fingerprint density at radius 2 is 1.75 bits per heavy atom. The number of hydrogen-bond acceptors (Lipinski definition) is 1. The molecule has 0 spiro atoms. The van der Waals surface area contributed by atoms with Crippen molar-refractivity contribution in [2.45, 2.75) is 20.8 Å². The zero-order valence-corrected chi connectivity index (χ0v) is 7.64. The molecular formula is C10H13NO. The number of anilines is 1. The normalized spacial score (nSPS) is 9.58. The molecular weight excluding hydrogens is 150 g/mol. The van der Waals surface area contributed by atoms with Crippen molar-refractivity contribution < 1.29 is 4.79 Å². The van der Waals surface area contributed by atoms with E-state index in [0.29, 0.717) is 0 Å². The van der Waals surface area contributed by atoms with Crippen LogP contribution in [0.15, 0.2) is 18.2 Å². The van der Waals surface area contributed by atoms with Crippen LogP contribution >= 0.6 is 0 Å². The minimum atomic E-state index is -0.0209. The maximum Gasteiger partial charge on any atom is 0.221 e. The molecule has 0 fully saturated rings. The Labute approximate surface area is 72.6 Å². The summed E-state index contributed by atoms with van der Waals surface area (Å²) in [7, 11) is 0. The molecule has 0 atom stereocenters. The Hall–Kier alpha value is -1.31.